The fraction of sp³-hybridized carbons (Fsp3) is 0.385. The fourth-order valence-corrected chi connectivity index (χ4v) is 4.93. The van der Waals surface area contributed by atoms with Gasteiger partial charge in [-0.25, -0.2) is 9.59 Å². The van der Waals surface area contributed by atoms with Crippen LogP contribution in [-0.2, 0) is 0 Å². The predicted octanol–water partition coefficient (Wildman–Crippen LogP) is 3.12. The first-order valence-electron chi connectivity index (χ1n) is 6.34. The number of hydrogen-bond donors (Lipinski definition) is 3. The number of nitrogens with one attached hydrogen (secondary N) is 2. The van der Waals surface area contributed by atoms with Crippen LogP contribution in [0, 0.1) is 0 Å². The summed E-state index contributed by atoms with van der Waals surface area (Å²) in [6.45, 7) is 0.580. The number of urea groups is 1. The van der Waals surface area contributed by atoms with Crippen molar-refractivity contribution >= 4 is 57.1 Å². The molecule has 2 rings (SSSR count). The van der Waals surface area contributed by atoms with Crippen LogP contribution >= 0.6 is 39.5 Å². The van der Waals surface area contributed by atoms with Crippen LogP contribution in [-0.4, -0.2) is 46.2 Å². The molecule has 1 atom stereocenters. The summed E-state index contributed by atoms with van der Waals surface area (Å²) in [6.07, 6.45) is 0. The molecular weight excluding hydrogens is 376 g/mol. The molecule has 1 aliphatic heterocycles. The van der Waals surface area contributed by atoms with E-state index < -0.39 is 5.97 Å². The first-order chi connectivity index (χ1) is 10.1. The van der Waals surface area contributed by atoms with Gasteiger partial charge in [0.2, 0.25) is 0 Å². The van der Waals surface area contributed by atoms with Crippen LogP contribution in [0.4, 0.5) is 10.5 Å². The van der Waals surface area contributed by atoms with Crippen molar-refractivity contribution in [2.45, 2.75) is 5.25 Å². The van der Waals surface area contributed by atoms with E-state index >= 15 is 0 Å². The van der Waals surface area contributed by atoms with Gasteiger partial charge in [-0.15, -0.1) is 0 Å². The molecule has 1 aromatic rings. The predicted molar refractivity (Wildman–Crippen MR) is 91.7 cm³/mol. The zero-order chi connectivity index (χ0) is 15.2. The van der Waals surface area contributed by atoms with E-state index in [-0.39, 0.29) is 17.3 Å². The molecule has 3 N–H and O–H groups in total. The Labute approximate surface area is 139 Å². The molecule has 1 aromatic carbocycles. The summed E-state index contributed by atoms with van der Waals surface area (Å²) in [5.74, 6) is 2.21. The monoisotopic (exact) mass is 390 g/mol. The third-order valence-corrected chi connectivity index (χ3v) is 6.36. The first kappa shape index (κ1) is 16.5. The van der Waals surface area contributed by atoms with Crippen LogP contribution in [0.5, 0.6) is 0 Å². The lowest BCUT2D eigenvalue weighted by atomic mass is 10.2. The third-order valence-electron chi connectivity index (χ3n) is 2.86. The highest BCUT2D eigenvalue weighted by atomic mass is 79.9. The van der Waals surface area contributed by atoms with E-state index in [0.717, 1.165) is 17.3 Å². The Morgan fingerprint density at radius 2 is 2.19 bits per heavy atom. The highest BCUT2D eigenvalue weighted by molar-refractivity contribution is 9.10. The van der Waals surface area contributed by atoms with Crippen LogP contribution in [0.15, 0.2) is 22.7 Å². The summed E-state index contributed by atoms with van der Waals surface area (Å²) >= 11 is 7.00. The van der Waals surface area contributed by atoms with Gasteiger partial charge in [0.25, 0.3) is 0 Å². The average molecular weight is 391 g/mol. The second-order valence-corrected chi connectivity index (χ2v) is 7.78. The number of aromatic carboxylic acids is 1. The summed E-state index contributed by atoms with van der Waals surface area (Å²) in [7, 11) is 0. The minimum absolute atomic E-state index is 0.0575. The number of carbonyl (C=O) groups excluding carboxylic acids is 1. The topological polar surface area (TPSA) is 78.4 Å². The second kappa shape index (κ2) is 7.95. The maximum atomic E-state index is 11.9. The van der Waals surface area contributed by atoms with Crippen LogP contribution in [0.25, 0.3) is 0 Å². The van der Waals surface area contributed by atoms with Crippen molar-refractivity contribution < 1.29 is 14.7 Å². The standard InChI is InChI=1S/C13H15BrN2O3S2/c14-10-3-1-2-9(12(17)18)11(10)16-13(19)15-6-8-7-20-4-5-21-8/h1-3,8H,4-7H2,(H,17,18)(H2,15,16,19). The summed E-state index contributed by atoms with van der Waals surface area (Å²) in [4.78, 5) is 23.1. The van der Waals surface area contributed by atoms with Gasteiger partial charge in [0.15, 0.2) is 0 Å². The molecule has 2 amide bonds. The molecule has 0 spiro atoms. The Morgan fingerprint density at radius 3 is 2.86 bits per heavy atom. The molecule has 0 saturated carbocycles. The zero-order valence-electron chi connectivity index (χ0n) is 11.1. The average Bonchev–Trinajstić information content (AvgIpc) is 2.48. The van der Waals surface area contributed by atoms with Gasteiger partial charge in [0.05, 0.1) is 11.3 Å². The van der Waals surface area contributed by atoms with Crippen LogP contribution in [0.3, 0.4) is 0 Å². The quantitative estimate of drug-likeness (QED) is 0.735. The van der Waals surface area contributed by atoms with Gasteiger partial charge in [-0.2, -0.15) is 23.5 Å². The minimum atomic E-state index is -1.08. The number of carbonyl (C=O) groups is 2. The van der Waals surface area contributed by atoms with Crippen molar-refractivity contribution in [2.24, 2.45) is 0 Å². The molecule has 21 heavy (non-hydrogen) atoms. The van der Waals surface area contributed by atoms with Crippen LogP contribution < -0.4 is 10.6 Å². The third kappa shape index (κ3) is 4.82. The number of benzene rings is 1. The molecule has 0 aliphatic carbocycles. The molecule has 8 heteroatoms. The number of hydrogen-bond acceptors (Lipinski definition) is 4. The van der Waals surface area contributed by atoms with Gasteiger partial charge in [-0.3, -0.25) is 0 Å². The van der Waals surface area contributed by atoms with Gasteiger partial charge in [-0.05, 0) is 28.1 Å². The molecule has 0 radical (unpaired) electrons. The van der Waals surface area contributed by atoms with Gasteiger partial charge < -0.3 is 15.7 Å². The van der Waals surface area contributed by atoms with Crippen molar-refractivity contribution in [1.29, 1.82) is 0 Å². The minimum Gasteiger partial charge on any atom is -0.478 e. The number of carboxylic acids is 1. The van der Waals surface area contributed by atoms with E-state index in [2.05, 4.69) is 26.6 Å². The van der Waals surface area contributed by atoms with Crippen molar-refractivity contribution in [3.8, 4) is 0 Å². The highest BCUT2D eigenvalue weighted by Gasteiger charge is 2.17. The van der Waals surface area contributed by atoms with E-state index in [1.807, 2.05) is 23.5 Å². The molecule has 0 aromatic heterocycles. The Kier molecular flexibility index (Phi) is 6.25. The molecule has 1 heterocycles. The number of thioether (sulfide) groups is 2. The first-order valence-corrected chi connectivity index (χ1v) is 9.33. The molecule has 1 unspecified atom stereocenters. The van der Waals surface area contributed by atoms with Gasteiger partial charge >= 0.3 is 12.0 Å². The molecule has 0 bridgehead atoms. The molecule has 5 nitrogen and oxygen atoms in total. The molecular formula is C13H15BrN2O3S2. The Bertz CT molecular complexity index is 536. The van der Waals surface area contributed by atoms with E-state index in [9.17, 15) is 9.59 Å². The Hall–Kier alpha value is -0.860. The summed E-state index contributed by atoms with van der Waals surface area (Å²) in [5, 5.41) is 15.0. The van der Waals surface area contributed by atoms with Crippen molar-refractivity contribution in [3.05, 3.63) is 28.2 Å². The molecule has 114 valence electrons. The van der Waals surface area contributed by atoms with Crippen LogP contribution in [0.2, 0.25) is 0 Å². The van der Waals surface area contributed by atoms with E-state index in [1.165, 1.54) is 6.07 Å². The van der Waals surface area contributed by atoms with Crippen LogP contribution in [0.1, 0.15) is 10.4 Å². The van der Waals surface area contributed by atoms with E-state index in [1.54, 1.807) is 12.1 Å². The lowest BCUT2D eigenvalue weighted by Gasteiger charge is -2.21. The lowest BCUT2D eigenvalue weighted by molar-refractivity contribution is 0.0698. The zero-order valence-corrected chi connectivity index (χ0v) is 14.3. The van der Waals surface area contributed by atoms with Crippen molar-refractivity contribution in [1.82, 2.24) is 5.32 Å². The summed E-state index contributed by atoms with van der Waals surface area (Å²) in [6, 6.07) is 4.37. The van der Waals surface area contributed by atoms with Gasteiger partial charge in [-0.1, -0.05) is 6.07 Å². The number of rotatable bonds is 4. The van der Waals surface area contributed by atoms with E-state index in [0.29, 0.717) is 16.3 Å². The molecule has 1 fully saturated rings. The van der Waals surface area contributed by atoms with Gasteiger partial charge in [0, 0.05) is 33.5 Å². The summed E-state index contributed by atoms with van der Waals surface area (Å²) < 4.78 is 0.542. The normalized spacial score (nSPS) is 18.0. The Morgan fingerprint density at radius 1 is 1.38 bits per heavy atom. The maximum absolute atomic E-state index is 11.9. The Balaban J connectivity index is 1.94. The van der Waals surface area contributed by atoms with Crippen molar-refractivity contribution in [3.63, 3.8) is 0 Å². The number of anilines is 1. The number of halogens is 1. The largest absolute Gasteiger partial charge is 0.478 e. The van der Waals surface area contributed by atoms with Crippen molar-refractivity contribution in [2.75, 3.05) is 29.1 Å². The number of carboxylic acid groups (broad SMARTS) is 1. The molecule has 1 aliphatic rings. The second-order valence-electron chi connectivity index (χ2n) is 4.37. The van der Waals surface area contributed by atoms with E-state index in [4.69, 9.17) is 5.11 Å². The van der Waals surface area contributed by atoms with Gasteiger partial charge in [0.1, 0.15) is 0 Å². The smallest absolute Gasteiger partial charge is 0.337 e. The fourth-order valence-electron chi connectivity index (χ4n) is 1.85. The summed E-state index contributed by atoms with van der Waals surface area (Å²) in [5.41, 5.74) is 0.329. The SMILES string of the molecule is O=C(NCC1CSCCS1)Nc1c(Br)cccc1C(=O)O. The number of amides is 2. The lowest BCUT2D eigenvalue weighted by Crippen LogP contribution is -2.36. The maximum Gasteiger partial charge on any atom is 0.337 e. The molecule has 1 saturated heterocycles. The number of para-hydroxylation sites is 1. The highest BCUT2D eigenvalue weighted by Crippen LogP contribution is 2.27.